The molecule has 9 nitrogen and oxygen atoms in total. The number of benzene rings is 1. The second-order valence-electron chi connectivity index (χ2n) is 10.9. The SMILES string of the molecule is N#CC1(NC(=O)[C@@H]2CC(S(=O)(=O)c3ccc(N4CCNCC4)cc3O)CB2C(=O)C2(C(F)(F)F)CC2)CC1. The van der Waals surface area contributed by atoms with Crippen LogP contribution in [0.3, 0.4) is 0 Å². The number of halogens is 3. The summed E-state index contributed by atoms with van der Waals surface area (Å²) in [6, 6.07) is 6.13. The molecule has 2 atom stereocenters. The summed E-state index contributed by atoms with van der Waals surface area (Å²) in [7, 11) is -4.30. The van der Waals surface area contributed by atoms with E-state index in [2.05, 4.69) is 10.6 Å². The van der Waals surface area contributed by atoms with Gasteiger partial charge in [0.25, 0.3) is 0 Å². The van der Waals surface area contributed by atoms with Gasteiger partial charge in [0.15, 0.2) is 9.84 Å². The van der Waals surface area contributed by atoms with Gasteiger partial charge in [0.2, 0.25) is 12.6 Å². The van der Waals surface area contributed by atoms with Gasteiger partial charge in [-0.15, -0.1) is 0 Å². The first-order chi connectivity index (χ1) is 17.8. The molecule has 1 amide bonds. The number of carbonyl (C=O) groups is 2. The third-order valence-electron chi connectivity index (χ3n) is 8.45. The van der Waals surface area contributed by atoms with E-state index in [0.29, 0.717) is 31.6 Å². The molecule has 5 rings (SSSR count). The molecule has 2 aliphatic heterocycles. The molecule has 0 spiro atoms. The van der Waals surface area contributed by atoms with Crippen LogP contribution in [0.2, 0.25) is 12.1 Å². The van der Waals surface area contributed by atoms with Crippen LogP contribution in [0.4, 0.5) is 18.9 Å². The molecule has 38 heavy (non-hydrogen) atoms. The molecule has 0 aromatic heterocycles. The van der Waals surface area contributed by atoms with Gasteiger partial charge in [-0.05, 0) is 50.6 Å². The number of rotatable bonds is 7. The Kier molecular flexibility index (Phi) is 6.46. The van der Waals surface area contributed by atoms with Crippen LogP contribution in [0, 0.1) is 16.7 Å². The van der Waals surface area contributed by atoms with Crippen LogP contribution in [0.1, 0.15) is 32.1 Å². The molecule has 2 saturated carbocycles. The zero-order valence-electron chi connectivity index (χ0n) is 20.6. The predicted octanol–water partition coefficient (Wildman–Crippen LogP) is 1.84. The van der Waals surface area contributed by atoms with Crippen molar-refractivity contribution in [2.45, 2.75) is 66.1 Å². The van der Waals surface area contributed by atoms with E-state index >= 15 is 0 Å². The normalized spacial score (nSPS) is 25.9. The minimum Gasteiger partial charge on any atom is -0.507 e. The Labute approximate surface area is 218 Å². The van der Waals surface area contributed by atoms with Crippen LogP contribution in [-0.2, 0) is 19.4 Å². The van der Waals surface area contributed by atoms with Gasteiger partial charge in [-0.3, -0.25) is 4.79 Å². The average molecular weight is 552 g/mol. The fourth-order valence-corrected chi connectivity index (χ4v) is 7.63. The number of alkyl halides is 3. The van der Waals surface area contributed by atoms with Gasteiger partial charge in [0, 0.05) is 43.8 Å². The first kappa shape index (κ1) is 26.8. The number of hydrogen-bond donors (Lipinski definition) is 3. The molecule has 0 radical (unpaired) electrons. The van der Waals surface area contributed by atoms with Crippen molar-refractivity contribution in [2.24, 2.45) is 5.41 Å². The van der Waals surface area contributed by atoms with E-state index in [-0.39, 0.29) is 11.3 Å². The summed E-state index contributed by atoms with van der Waals surface area (Å²) in [6.45, 7) is 1.33. The maximum Gasteiger partial charge on any atom is 0.400 e. The number of phenolic OH excluding ortho intramolecular Hbond substituents is 1. The molecule has 14 heteroatoms. The highest BCUT2D eigenvalue weighted by atomic mass is 32.2. The third-order valence-corrected chi connectivity index (χ3v) is 10.7. The number of anilines is 1. The number of piperazine rings is 1. The first-order valence-electron chi connectivity index (χ1n) is 12.7. The maximum absolute atomic E-state index is 13.8. The van der Waals surface area contributed by atoms with E-state index in [9.17, 15) is 41.5 Å². The van der Waals surface area contributed by atoms with Gasteiger partial charge >= 0.3 is 6.18 Å². The van der Waals surface area contributed by atoms with Crippen LogP contribution in [-0.4, -0.2) is 75.0 Å². The summed E-state index contributed by atoms with van der Waals surface area (Å²) in [5.74, 6) is -2.60. The van der Waals surface area contributed by atoms with Crippen molar-refractivity contribution in [3.8, 4) is 11.8 Å². The molecule has 1 aromatic carbocycles. The smallest absolute Gasteiger partial charge is 0.400 e. The number of carbonyl (C=O) groups excluding carboxylic acids is 2. The molecule has 2 saturated heterocycles. The van der Waals surface area contributed by atoms with Gasteiger partial charge in [-0.1, -0.05) is 0 Å². The van der Waals surface area contributed by atoms with Gasteiger partial charge in [0.05, 0.1) is 11.3 Å². The Morgan fingerprint density at radius 1 is 1.18 bits per heavy atom. The Bertz CT molecular complexity index is 1300. The first-order valence-corrected chi connectivity index (χ1v) is 14.3. The Balaban J connectivity index is 1.43. The van der Waals surface area contributed by atoms with Crippen molar-refractivity contribution >= 4 is 33.8 Å². The standard InChI is InChI=1S/C24H28BF3N4O5S/c26-24(27,28)23(5-6-23)21(35)25-13-16(12-17(25)20(34)31-22(14-29)3-4-22)38(36,37)19-2-1-15(11-18(19)33)32-9-7-30-8-10-32/h1-2,11,16-17,30,33H,3-10,12-13H2,(H,31,34)/t16?,17-/m0/s1. The van der Waals surface area contributed by atoms with Crippen molar-refractivity contribution < 1.29 is 36.3 Å². The topological polar surface area (TPSA) is 140 Å². The highest BCUT2D eigenvalue weighted by Gasteiger charge is 2.70. The van der Waals surface area contributed by atoms with Crippen molar-refractivity contribution in [2.75, 3.05) is 31.1 Å². The zero-order valence-corrected chi connectivity index (χ0v) is 21.4. The minimum atomic E-state index is -4.80. The summed E-state index contributed by atoms with van der Waals surface area (Å²) in [4.78, 5) is 27.9. The molecular weight excluding hydrogens is 524 g/mol. The lowest BCUT2D eigenvalue weighted by Gasteiger charge is -2.29. The number of phenols is 1. The molecule has 1 aromatic rings. The molecular formula is C24H28BF3N4O5S. The summed E-state index contributed by atoms with van der Waals surface area (Å²) in [6.07, 6.45) is -5.68. The number of amides is 1. The summed E-state index contributed by atoms with van der Waals surface area (Å²) in [5, 5.41) is 24.4. The second-order valence-corrected chi connectivity index (χ2v) is 13.1. The number of hydrogen-bond acceptors (Lipinski definition) is 8. The van der Waals surface area contributed by atoms with Crippen LogP contribution < -0.4 is 15.5 Å². The van der Waals surface area contributed by atoms with Crippen molar-refractivity contribution in [1.82, 2.24) is 10.6 Å². The van der Waals surface area contributed by atoms with Gasteiger partial charge in [-0.2, -0.15) is 18.4 Å². The van der Waals surface area contributed by atoms with Gasteiger partial charge < -0.3 is 25.4 Å². The van der Waals surface area contributed by atoms with Crippen molar-refractivity contribution in [3.63, 3.8) is 0 Å². The molecule has 2 aliphatic carbocycles. The molecule has 4 aliphatic rings. The fraction of sp³-hybridized carbons (Fsp3) is 0.625. The van der Waals surface area contributed by atoms with E-state index < -0.39 is 81.2 Å². The fourth-order valence-electron chi connectivity index (χ4n) is 5.74. The highest BCUT2D eigenvalue weighted by molar-refractivity contribution is 7.92. The summed E-state index contributed by atoms with van der Waals surface area (Å²) < 4.78 is 68.5. The number of nitriles is 1. The average Bonchev–Trinajstić information content (AvgIpc) is 3.80. The third kappa shape index (κ3) is 4.53. The van der Waals surface area contributed by atoms with E-state index in [1.165, 1.54) is 12.1 Å². The Morgan fingerprint density at radius 2 is 1.84 bits per heavy atom. The zero-order chi connectivity index (χ0) is 27.5. The van der Waals surface area contributed by atoms with E-state index in [1.54, 1.807) is 6.07 Å². The number of nitrogens with one attached hydrogen (secondary N) is 2. The van der Waals surface area contributed by atoms with E-state index in [1.807, 2.05) is 11.0 Å². The van der Waals surface area contributed by atoms with Crippen LogP contribution >= 0.6 is 0 Å². The molecule has 3 N–H and O–H groups in total. The highest BCUT2D eigenvalue weighted by Crippen LogP contribution is 2.60. The second kappa shape index (κ2) is 9.15. The van der Waals surface area contributed by atoms with Crippen molar-refractivity contribution in [3.05, 3.63) is 18.2 Å². The number of sulfone groups is 1. The number of aromatic hydroxyl groups is 1. The largest absolute Gasteiger partial charge is 0.507 e. The van der Waals surface area contributed by atoms with E-state index in [4.69, 9.17) is 0 Å². The molecule has 2 heterocycles. The number of nitrogens with zero attached hydrogens (tertiary/aromatic N) is 2. The lowest BCUT2D eigenvalue weighted by molar-refractivity contribution is -0.186. The van der Waals surface area contributed by atoms with Crippen LogP contribution in [0.5, 0.6) is 5.75 Å². The van der Waals surface area contributed by atoms with Crippen molar-refractivity contribution in [1.29, 1.82) is 5.26 Å². The van der Waals surface area contributed by atoms with Crippen LogP contribution in [0.25, 0.3) is 0 Å². The molecule has 4 fully saturated rings. The minimum absolute atomic E-state index is 0.376. The monoisotopic (exact) mass is 552 g/mol. The molecule has 0 bridgehead atoms. The lowest BCUT2D eigenvalue weighted by atomic mass is 9.37. The molecule has 1 unspecified atom stereocenters. The lowest BCUT2D eigenvalue weighted by Crippen LogP contribution is -2.47. The van der Waals surface area contributed by atoms with Gasteiger partial charge in [-0.25, -0.2) is 8.42 Å². The Hall–Kier alpha value is -2.79. The quantitative estimate of drug-likeness (QED) is 0.436. The van der Waals surface area contributed by atoms with Gasteiger partial charge in [0.1, 0.15) is 27.3 Å². The van der Waals surface area contributed by atoms with E-state index in [0.717, 1.165) is 13.1 Å². The summed E-state index contributed by atoms with van der Waals surface area (Å²) in [5.41, 5.74) is -4.22. The predicted molar refractivity (Wildman–Crippen MR) is 132 cm³/mol. The van der Waals surface area contributed by atoms with Crippen LogP contribution in [0.15, 0.2) is 23.1 Å². The maximum atomic E-state index is 13.8. The Morgan fingerprint density at radius 3 is 2.37 bits per heavy atom. The molecule has 204 valence electrons. The summed E-state index contributed by atoms with van der Waals surface area (Å²) >= 11 is 0.